The second-order valence-corrected chi connectivity index (χ2v) is 10.7. The highest BCUT2D eigenvalue weighted by molar-refractivity contribution is 6.34. The van der Waals surface area contributed by atoms with E-state index in [-0.39, 0.29) is 24.2 Å². The second kappa shape index (κ2) is 11.4. The Kier molecular flexibility index (Phi) is 7.53. The van der Waals surface area contributed by atoms with Crippen LogP contribution in [0.4, 0.5) is 43.8 Å². The van der Waals surface area contributed by atoms with Crippen LogP contribution in [0.2, 0.25) is 5.02 Å². The number of nitrogens with one attached hydrogen (secondary N) is 1. The van der Waals surface area contributed by atoms with Crippen molar-refractivity contribution in [2.45, 2.75) is 13.5 Å². The smallest absolute Gasteiger partial charge is 0.336 e. The van der Waals surface area contributed by atoms with Gasteiger partial charge >= 0.3 is 6.03 Å². The van der Waals surface area contributed by atoms with Crippen LogP contribution in [0.1, 0.15) is 11.1 Å². The number of carbonyl (C=O) groups is 1. The molecule has 0 spiro atoms. The average Bonchev–Trinajstić information content (AvgIpc) is 2.99. The van der Waals surface area contributed by atoms with Crippen LogP contribution >= 0.6 is 11.6 Å². The van der Waals surface area contributed by atoms with Crippen molar-refractivity contribution < 1.29 is 13.9 Å². The molecule has 6 rings (SSSR count). The Morgan fingerprint density at radius 1 is 1.02 bits per heavy atom. The summed E-state index contributed by atoms with van der Waals surface area (Å²) in [7, 11) is 3.63. The fourth-order valence-electron chi connectivity index (χ4n) is 5.17. The lowest BCUT2D eigenvalue weighted by Crippen LogP contribution is -2.46. The average molecular weight is 589 g/mol. The molecular weight excluding hydrogens is 559 g/mol. The Balaban J connectivity index is 1.34. The molecule has 0 atom stereocenters. The second-order valence-electron chi connectivity index (χ2n) is 10.3. The van der Waals surface area contributed by atoms with Crippen LogP contribution in [0.3, 0.4) is 0 Å². The van der Waals surface area contributed by atoms with Crippen LogP contribution in [0.5, 0.6) is 5.75 Å². The normalized spacial score (nSPS) is 15.5. The van der Waals surface area contributed by atoms with Crippen molar-refractivity contribution in [2.75, 3.05) is 60.4 Å². The number of likely N-dealkylation sites (N-methyl/N-ethyl adjacent to an activating group) is 1. The number of hydrogen-bond donors (Lipinski definition) is 1. The Morgan fingerprint density at radius 3 is 2.52 bits per heavy atom. The fourth-order valence-corrected chi connectivity index (χ4v) is 5.50. The summed E-state index contributed by atoms with van der Waals surface area (Å²) in [6, 6.07) is 13.6. The van der Waals surface area contributed by atoms with Gasteiger partial charge in [-0.1, -0.05) is 23.7 Å². The number of aryl methyl sites for hydroxylation is 1. The maximum atomic E-state index is 15.2. The summed E-state index contributed by atoms with van der Waals surface area (Å²) in [5, 5.41) is 3.44. The number of carbonyl (C=O) groups excluding carboxylic acids is 1. The number of methoxy groups -OCH3 is 1. The number of halogens is 2. The molecule has 0 saturated carbocycles. The first-order valence-corrected chi connectivity index (χ1v) is 13.9. The number of amides is 2. The van der Waals surface area contributed by atoms with Crippen LogP contribution in [0, 0.1) is 12.7 Å². The molecule has 42 heavy (non-hydrogen) atoms. The number of nitrogens with zero attached hydrogens (tertiary/aromatic N) is 7. The van der Waals surface area contributed by atoms with Crippen LogP contribution in [-0.2, 0) is 6.54 Å². The molecular formula is C30H30ClFN8O2. The van der Waals surface area contributed by atoms with Gasteiger partial charge in [0.25, 0.3) is 0 Å². The summed E-state index contributed by atoms with van der Waals surface area (Å²) in [6.45, 7) is 5.62. The van der Waals surface area contributed by atoms with E-state index in [1.165, 1.54) is 17.2 Å². The first kappa shape index (κ1) is 27.7. The topological polar surface area (TPSA) is 90.0 Å². The number of aromatic nitrogens is 3. The monoisotopic (exact) mass is 588 g/mol. The predicted molar refractivity (Wildman–Crippen MR) is 162 cm³/mol. The van der Waals surface area contributed by atoms with E-state index in [1.54, 1.807) is 42.5 Å². The van der Waals surface area contributed by atoms with E-state index in [2.05, 4.69) is 37.1 Å². The van der Waals surface area contributed by atoms with Gasteiger partial charge in [0.1, 0.15) is 17.4 Å². The maximum Gasteiger partial charge on any atom is 0.336 e. The van der Waals surface area contributed by atoms with E-state index in [0.29, 0.717) is 33.7 Å². The summed E-state index contributed by atoms with van der Waals surface area (Å²) in [5.74, 6) is 0.948. The van der Waals surface area contributed by atoms with Crippen molar-refractivity contribution in [2.24, 2.45) is 0 Å². The number of rotatable bonds is 6. The van der Waals surface area contributed by atoms with Crippen LogP contribution in [0.25, 0.3) is 0 Å². The molecule has 0 bridgehead atoms. The Labute approximate surface area is 248 Å². The number of hydrogen-bond acceptors (Lipinski definition) is 8. The lowest BCUT2D eigenvalue weighted by molar-refractivity contribution is 0.252. The third-order valence-electron chi connectivity index (χ3n) is 7.52. The molecule has 2 aromatic heterocycles. The molecule has 0 aliphatic carbocycles. The van der Waals surface area contributed by atoms with Gasteiger partial charge in [0, 0.05) is 43.6 Å². The van der Waals surface area contributed by atoms with Crippen molar-refractivity contribution >= 4 is 52.3 Å². The molecule has 1 fully saturated rings. The van der Waals surface area contributed by atoms with Crippen LogP contribution in [0.15, 0.2) is 60.9 Å². The van der Waals surface area contributed by atoms with Crippen LogP contribution < -0.4 is 24.8 Å². The first-order valence-electron chi connectivity index (χ1n) is 13.5. The van der Waals surface area contributed by atoms with Crippen molar-refractivity contribution in [3.05, 3.63) is 82.9 Å². The highest BCUT2D eigenvalue weighted by Gasteiger charge is 2.36. The molecule has 216 valence electrons. The summed E-state index contributed by atoms with van der Waals surface area (Å²) in [6.07, 6.45) is 3.16. The highest BCUT2D eigenvalue weighted by Crippen LogP contribution is 2.39. The third-order valence-corrected chi connectivity index (χ3v) is 7.82. The summed E-state index contributed by atoms with van der Waals surface area (Å²) >= 11 is 6.56. The SMILES string of the molecule is COc1ccc(N2C(=O)N(c3c(C)cccc3Cl)Cc3cnc(Nc4ccc(N5CCN(C)CC5)cc4F)nc32)nc1. The molecule has 12 heteroatoms. The molecule has 2 amide bonds. The zero-order chi connectivity index (χ0) is 29.4. The number of benzene rings is 2. The Bertz CT molecular complexity index is 1610. The number of piperazine rings is 1. The quantitative estimate of drug-likeness (QED) is 0.304. The lowest BCUT2D eigenvalue weighted by Gasteiger charge is -2.36. The molecule has 4 aromatic rings. The van der Waals surface area contributed by atoms with Crippen LogP contribution in [-0.4, -0.2) is 66.2 Å². The van der Waals surface area contributed by atoms with Gasteiger partial charge in [-0.05, 0) is 55.9 Å². The molecule has 10 nitrogen and oxygen atoms in total. The van der Waals surface area contributed by atoms with E-state index in [0.717, 1.165) is 37.4 Å². The van der Waals surface area contributed by atoms with Gasteiger partial charge in [0.15, 0.2) is 5.82 Å². The van der Waals surface area contributed by atoms with E-state index in [1.807, 2.05) is 25.1 Å². The minimum Gasteiger partial charge on any atom is -0.495 e. The number of para-hydroxylation sites is 1. The molecule has 1 saturated heterocycles. The number of urea groups is 1. The van der Waals surface area contributed by atoms with E-state index < -0.39 is 5.82 Å². The minimum atomic E-state index is -0.419. The van der Waals surface area contributed by atoms with E-state index in [4.69, 9.17) is 16.3 Å². The third kappa shape index (κ3) is 5.28. The van der Waals surface area contributed by atoms with E-state index >= 15 is 4.39 Å². The molecule has 4 heterocycles. The first-order chi connectivity index (χ1) is 20.3. The molecule has 1 N–H and O–H groups in total. The van der Waals surface area contributed by atoms with Gasteiger partial charge in [-0.2, -0.15) is 4.98 Å². The zero-order valence-electron chi connectivity index (χ0n) is 23.5. The fraction of sp³-hybridized carbons (Fsp3) is 0.267. The van der Waals surface area contributed by atoms with Gasteiger partial charge < -0.3 is 19.9 Å². The van der Waals surface area contributed by atoms with Crippen molar-refractivity contribution in [1.82, 2.24) is 19.9 Å². The van der Waals surface area contributed by atoms with Gasteiger partial charge in [-0.3, -0.25) is 4.90 Å². The molecule has 2 aliphatic rings. The minimum absolute atomic E-state index is 0.147. The molecule has 0 radical (unpaired) electrons. The Morgan fingerprint density at radius 2 is 1.83 bits per heavy atom. The number of pyridine rings is 1. The van der Waals surface area contributed by atoms with Gasteiger partial charge in [-0.15, -0.1) is 0 Å². The molecule has 0 unspecified atom stereocenters. The molecule has 2 aromatic carbocycles. The summed E-state index contributed by atoms with van der Waals surface area (Å²) in [5.41, 5.74) is 3.17. The van der Waals surface area contributed by atoms with Gasteiger partial charge in [0.2, 0.25) is 5.95 Å². The molecule has 2 aliphatic heterocycles. The zero-order valence-corrected chi connectivity index (χ0v) is 24.3. The van der Waals surface area contributed by atoms with Crippen molar-refractivity contribution in [3.63, 3.8) is 0 Å². The highest BCUT2D eigenvalue weighted by atomic mass is 35.5. The largest absolute Gasteiger partial charge is 0.495 e. The lowest BCUT2D eigenvalue weighted by atomic mass is 10.1. The number of fused-ring (bicyclic) bond motifs is 1. The van der Waals surface area contributed by atoms with Gasteiger partial charge in [-0.25, -0.2) is 24.1 Å². The standard InChI is InChI=1S/C30H30ClFN8O2/c1-19-5-4-6-23(31)27(19)39-18-20-16-34-29(36-28(20)40(30(39)41)26-10-8-22(42-3)17-33-26)35-25-9-7-21(15-24(25)32)38-13-11-37(2)12-14-38/h4-10,15-17H,11-14,18H2,1-3H3,(H,34,35,36). The number of ether oxygens (including phenoxy) is 1. The Hall–Kier alpha value is -4.48. The van der Waals surface area contributed by atoms with E-state index in [9.17, 15) is 4.79 Å². The predicted octanol–water partition coefficient (Wildman–Crippen LogP) is 5.75. The van der Waals surface area contributed by atoms with Crippen molar-refractivity contribution in [3.8, 4) is 5.75 Å². The maximum absolute atomic E-state index is 15.2. The number of anilines is 6. The summed E-state index contributed by atoms with van der Waals surface area (Å²) < 4.78 is 20.5. The van der Waals surface area contributed by atoms with Gasteiger partial charge in [0.05, 0.1) is 36.2 Å². The van der Waals surface area contributed by atoms with Crippen molar-refractivity contribution in [1.29, 1.82) is 0 Å². The summed E-state index contributed by atoms with van der Waals surface area (Å²) in [4.78, 5) is 35.0.